The Morgan fingerprint density at radius 3 is 2.26 bits per heavy atom. The van der Waals surface area contributed by atoms with Crippen LogP contribution in [0.25, 0.3) is 0 Å². The summed E-state index contributed by atoms with van der Waals surface area (Å²) in [5.41, 5.74) is 0.449. The van der Waals surface area contributed by atoms with E-state index in [4.69, 9.17) is 23.2 Å². The molecule has 2 aromatic rings. The summed E-state index contributed by atoms with van der Waals surface area (Å²) in [7, 11) is 0. The maximum atomic E-state index is 12.2. The van der Waals surface area contributed by atoms with Crippen LogP contribution in [0.2, 0.25) is 10.0 Å². The standard InChI is InChI=1S/C16H13Cl2NO4/c17-10-6-7-11(12(18)8-10)15(21)19-13(16(22)23)14(20)9-4-2-1-3-5-9/h1-8,13-14,20H,(H,19,21)(H,22,23). The van der Waals surface area contributed by atoms with E-state index in [1.807, 2.05) is 0 Å². The Labute approximate surface area is 142 Å². The quantitative estimate of drug-likeness (QED) is 0.771. The summed E-state index contributed by atoms with van der Waals surface area (Å²) < 4.78 is 0. The van der Waals surface area contributed by atoms with Crippen LogP contribution in [-0.4, -0.2) is 28.1 Å². The highest BCUT2D eigenvalue weighted by molar-refractivity contribution is 6.36. The van der Waals surface area contributed by atoms with E-state index in [1.165, 1.54) is 18.2 Å². The smallest absolute Gasteiger partial charge is 0.329 e. The molecule has 0 bridgehead atoms. The first-order chi connectivity index (χ1) is 10.9. The monoisotopic (exact) mass is 353 g/mol. The van der Waals surface area contributed by atoms with Crippen LogP contribution in [0.4, 0.5) is 0 Å². The van der Waals surface area contributed by atoms with Gasteiger partial charge in [-0.05, 0) is 23.8 Å². The summed E-state index contributed by atoms with van der Waals surface area (Å²) in [4.78, 5) is 23.6. The molecule has 1 amide bonds. The predicted octanol–water partition coefficient (Wildman–Crippen LogP) is 2.91. The fraction of sp³-hybridized carbons (Fsp3) is 0.125. The lowest BCUT2D eigenvalue weighted by atomic mass is 10.0. The highest BCUT2D eigenvalue weighted by Crippen LogP contribution is 2.22. The number of aliphatic hydroxyl groups excluding tert-OH is 1. The van der Waals surface area contributed by atoms with Crippen LogP contribution in [0.5, 0.6) is 0 Å². The molecule has 0 spiro atoms. The molecule has 2 aromatic carbocycles. The molecule has 0 aromatic heterocycles. The summed E-state index contributed by atoms with van der Waals surface area (Å²) in [6.07, 6.45) is -1.40. The molecular weight excluding hydrogens is 341 g/mol. The topological polar surface area (TPSA) is 86.6 Å². The van der Waals surface area contributed by atoms with E-state index in [2.05, 4.69) is 5.32 Å². The van der Waals surface area contributed by atoms with E-state index in [0.717, 1.165) is 0 Å². The molecule has 0 heterocycles. The zero-order valence-corrected chi connectivity index (χ0v) is 13.3. The number of amides is 1. The van der Waals surface area contributed by atoms with Crippen molar-refractivity contribution in [2.24, 2.45) is 0 Å². The van der Waals surface area contributed by atoms with E-state index in [0.29, 0.717) is 10.6 Å². The van der Waals surface area contributed by atoms with Gasteiger partial charge in [-0.25, -0.2) is 4.79 Å². The Morgan fingerprint density at radius 2 is 1.70 bits per heavy atom. The molecule has 23 heavy (non-hydrogen) atoms. The number of aliphatic carboxylic acids is 1. The van der Waals surface area contributed by atoms with Crippen LogP contribution in [0, 0.1) is 0 Å². The Morgan fingerprint density at radius 1 is 1.04 bits per heavy atom. The maximum absolute atomic E-state index is 12.2. The van der Waals surface area contributed by atoms with Crippen molar-refractivity contribution >= 4 is 35.1 Å². The molecule has 7 heteroatoms. The van der Waals surface area contributed by atoms with Crippen molar-refractivity contribution in [3.05, 3.63) is 69.7 Å². The molecule has 2 rings (SSSR count). The minimum Gasteiger partial charge on any atom is -0.480 e. The van der Waals surface area contributed by atoms with Gasteiger partial charge >= 0.3 is 5.97 Å². The van der Waals surface area contributed by atoms with Crippen molar-refractivity contribution in [1.82, 2.24) is 5.32 Å². The molecule has 120 valence electrons. The molecule has 0 aliphatic heterocycles. The summed E-state index contributed by atoms with van der Waals surface area (Å²) in [6, 6.07) is 10.9. The second-order valence-corrected chi connectivity index (χ2v) is 5.61. The highest BCUT2D eigenvalue weighted by Gasteiger charge is 2.30. The number of carbonyl (C=O) groups excluding carboxylic acids is 1. The third-order valence-electron chi connectivity index (χ3n) is 3.19. The number of hydrogen-bond donors (Lipinski definition) is 3. The van der Waals surface area contributed by atoms with Gasteiger partial charge in [-0.3, -0.25) is 4.79 Å². The van der Waals surface area contributed by atoms with Crippen molar-refractivity contribution in [1.29, 1.82) is 0 Å². The van der Waals surface area contributed by atoms with Crippen LogP contribution >= 0.6 is 23.2 Å². The highest BCUT2D eigenvalue weighted by atomic mass is 35.5. The summed E-state index contributed by atoms with van der Waals surface area (Å²) in [5, 5.41) is 22.2. The summed E-state index contributed by atoms with van der Waals surface area (Å²) in [5.74, 6) is -2.08. The zero-order chi connectivity index (χ0) is 17.0. The molecule has 0 aliphatic carbocycles. The van der Waals surface area contributed by atoms with Gasteiger partial charge in [-0.2, -0.15) is 0 Å². The number of nitrogens with one attached hydrogen (secondary N) is 1. The molecule has 5 nitrogen and oxygen atoms in total. The van der Waals surface area contributed by atoms with Gasteiger partial charge in [0.25, 0.3) is 5.91 Å². The Hall–Kier alpha value is -2.08. The van der Waals surface area contributed by atoms with Gasteiger partial charge in [-0.15, -0.1) is 0 Å². The van der Waals surface area contributed by atoms with E-state index < -0.39 is 24.0 Å². The van der Waals surface area contributed by atoms with E-state index in [1.54, 1.807) is 30.3 Å². The fourth-order valence-corrected chi connectivity index (χ4v) is 2.51. The number of carboxylic acid groups (broad SMARTS) is 1. The van der Waals surface area contributed by atoms with E-state index in [-0.39, 0.29) is 10.6 Å². The van der Waals surface area contributed by atoms with Gasteiger partial charge in [-0.1, -0.05) is 53.5 Å². The van der Waals surface area contributed by atoms with Crippen LogP contribution in [0.3, 0.4) is 0 Å². The molecular formula is C16H13Cl2NO4. The van der Waals surface area contributed by atoms with Gasteiger partial charge in [0.2, 0.25) is 0 Å². The van der Waals surface area contributed by atoms with Crippen LogP contribution in [-0.2, 0) is 4.79 Å². The summed E-state index contributed by atoms with van der Waals surface area (Å²) >= 11 is 11.7. The van der Waals surface area contributed by atoms with E-state index in [9.17, 15) is 19.8 Å². The number of carboxylic acids is 1. The molecule has 0 aliphatic rings. The lowest BCUT2D eigenvalue weighted by molar-refractivity contribution is -0.142. The van der Waals surface area contributed by atoms with Crippen molar-refractivity contribution < 1.29 is 19.8 Å². The number of halogens is 2. The van der Waals surface area contributed by atoms with Crippen molar-refractivity contribution in [3.63, 3.8) is 0 Å². The first-order valence-corrected chi connectivity index (χ1v) is 7.37. The molecule has 0 saturated heterocycles. The minimum absolute atomic E-state index is 0.0718. The first kappa shape index (κ1) is 17.3. The van der Waals surface area contributed by atoms with Gasteiger partial charge < -0.3 is 15.5 Å². The Bertz CT molecular complexity index is 721. The number of aliphatic hydroxyl groups is 1. The van der Waals surface area contributed by atoms with Gasteiger partial charge in [0, 0.05) is 5.02 Å². The van der Waals surface area contributed by atoms with Crippen LogP contribution in [0.1, 0.15) is 22.0 Å². The lowest BCUT2D eigenvalue weighted by Crippen LogP contribution is -2.45. The van der Waals surface area contributed by atoms with Gasteiger partial charge in [0.05, 0.1) is 10.6 Å². The number of carbonyl (C=O) groups is 2. The van der Waals surface area contributed by atoms with Crippen LogP contribution in [0.15, 0.2) is 48.5 Å². The number of rotatable bonds is 5. The fourth-order valence-electron chi connectivity index (χ4n) is 2.01. The number of hydrogen-bond acceptors (Lipinski definition) is 3. The van der Waals surface area contributed by atoms with Gasteiger partial charge in [0.15, 0.2) is 6.04 Å². The van der Waals surface area contributed by atoms with Crippen LogP contribution < -0.4 is 5.32 Å². The molecule has 0 radical (unpaired) electrons. The molecule has 0 saturated carbocycles. The van der Waals surface area contributed by atoms with E-state index >= 15 is 0 Å². The molecule has 3 N–H and O–H groups in total. The maximum Gasteiger partial charge on any atom is 0.329 e. The zero-order valence-electron chi connectivity index (χ0n) is 11.7. The average molecular weight is 354 g/mol. The summed E-state index contributed by atoms with van der Waals surface area (Å²) in [6.45, 7) is 0. The molecule has 0 fully saturated rings. The van der Waals surface area contributed by atoms with Crippen molar-refractivity contribution in [2.45, 2.75) is 12.1 Å². The van der Waals surface area contributed by atoms with Crippen molar-refractivity contribution in [2.75, 3.05) is 0 Å². The third-order valence-corrected chi connectivity index (χ3v) is 3.73. The van der Waals surface area contributed by atoms with Crippen molar-refractivity contribution in [3.8, 4) is 0 Å². The Balaban J connectivity index is 2.22. The second kappa shape index (κ2) is 7.46. The first-order valence-electron chi connectivity index (χ1n) is 6.62. The SMILES string of the molecule is O=C(NC(C(=O)O)C(O)c1ccccc1)c1ccc(Cl)cc1Cl. The lowest BCUT2D eigenvalue weighted by Gasteiger charge is -2.21. The molecule has 2 atom stereocenters. The minimum atomic E-state index is -1.52. The largest absolute Gasteiger partial charge is 0.480 e. The number of benzene rings is 2. The average Bonchev–Trinajstić information content (AvgIpc) is 2.52. The van der Waals surface area contributed by atoms with Gasteiger partial charge in [0.1, 0.15) is 6.10 Å². The Kier molecular flexibility index (Phi) is 5.60. The predicted molar refractivity (Wildman–Crippen MR) is 86.8 cm³/mol. The normalized spacial score (nSPS) is 13.2. The third kappa shape index (κ3) is 4.22. The molecule has 2 unspecified atom stereocenters. The second-order valence-electron chi connectivity index (χ2n) is 4.77.